The van der Waals surface area contributed by atoms with Gasteiger partial charge in [0.2, 0.25) is 10.0 Å². The molecule has 0 aliphatic heterocycles. The number of nitrogens with one attached hydrogen (secondary N) is 1. The maximum Gasteiger partial charge on any atom is 0.242 e. The summed E-state index contributed by atoms with van der Waals surface area (Å²) in [6, 6.07) is 3.62. The van der Waals surface area contributed by atoms with Crippen LogP contribution >= 0.6 is 0 Å². The van der Waals surface area contributed by atoms with Gasteiger partial charge in [-0.15, -0.1) is 0 Å². The number of hydrogen-bond donors (Lipinski definition) is 2. The highest BCUT2D eigenvalue weighted by molar-refractivity contribution is 7.89. The van der Waals surface area contributed by atoms with Crippen LogP contribution in [0.1, 0.15) is 31.9 Å². The van der Waals surface area contributed by atoms with Gasteiger partial charge in [0, 0.05) is 6.54 Å². The summed E-state index contributed by atoms with van der Waals surface area (Å²) in [4.78, 5) is 0.212. The van der Waals surface area contributed by atoms with E-state index in [1.165, 1.54) is 0 Å². The third-order valence-corrected chi connectivity index (χ3v) is 5.24. The Kier molecular flexibility index (Phi) is 4.98. The molecular weight excluding hydrogens is 260 g/mol. The molecule has 0 aliphatic carbocycles. The lowest BCUT2D eigenvalue weighted by Crippen LogP contribution is -2.31. The highest BCUT2D eigenvalue weighted by Gasteiger charge is 2.22. The Morgan fingerprint density at radius 2 is 1.68 bits per heavy atom. The standard InChI is InChI=1S/C14H24N2O2S/c1-9(2)12(5)8-16-19(17,18)14-11(4)7-6-10(3)13(14)15/h6-7,9,12,16H,8,15H2,1-5H3. The number of benzene rings is 1. The molecule has 3 N–H and O–H groups in total. The first-order valence-electron chi connectivity index (χ1n) is 6.52. The molecule has 0 spiro atoms. The normalized spacial score (nSPS) is 13.8. The molecule has 0 heterocycles. The van der Waals surface area contributed by atoms with Crippen LogP contribution in [0.2, 0.25) is 0 Å². The molecule has 0 aliphatic rings. The number of nitrogen functional groups attached to an aromatic ring is 1. The van der Waals surface area contributed by atoms with Crippen LogP contribution in [0.15, 0.2) is 17.0 Å². The molecule has 5 heteroatoms. The summed E-state index contributed by atoms with van der Waals surface area (Å²) in [7, 11) is -3.55. The highest BCUT2D eigenvalue weighted by Crippen LogP contribution is 2.25. The van der Waals surface area contributed by atoms with E-state index in [4.69, 9.17) is 5.73 Å². The van der Waals surface area contributed by atoms with Gasteiger partial charge < -0.3 is 5.73 Å². The minimum absolute atomic E-state index is 0.212. The molecule has 0 aromatic heterocycles. The summed E-state index contributed by atoms with van der Waals surface area (Å²) < 4.78 is 27.4. The van der Waals surface area contributed by atoms with Crippen LogP contribution in [0.25, 0.3) is 0 Å². The smallest absolute Gasteiger partial charge is 0.242 e. The average Bonchev–Trinajstić information content (AvgIpc) is 2.31. The predicted octanol–water partition coefficient (Wildman–Crippen LogP) is 2.46. The van der Waals surface area contributed by atoms with Gasteiger partial charge in [0.1, 0.15) is 4.90 Å². The SMILES string of the molecule is Cc1ccc(C)c(S(=O)(=O)NCC(C)C(C)C)c1N. The largest absolute Gasteiger partial charge is 0.397 e. The minimum Gasteiger partial charge on any atom is -0.397 e. The second kappa shape index (κ2) is 5.92. The van der Waals surface area contributed by atoms with Crippen molar-refractivity contribution in [1.29, 1.82) is 0 Å². The number of sulfonamides is 1. The van der Waals surface area contributed by atoms with Crippen molar-refractivity contribution in [1.82, 2.24) is 4.72 Å². The number of nitrogens with two attached hydrogens (primary N) is 1. The molecule has 1 atom stereocenters. The van der Waals surface area contributed by atoms with Crippen molar-refractivity contribution < 1.29 is 8.42 Å². The van der Waals surface area contributed by atoms with Gasteiger partial charge in [-0.25, -0.2) is 13.1 Å². The highest BCUT2D eigenvalue weighted by atomic mass is 32.2. The third kappa shape index (κ3) is 3.70. The van der Waals surface area contributed by atoms with Crippen molar-refractivity contribution in [2.24, 2.45) is 11.8 Å². The topological polar surface area (TPSA) is 72.2 Å². The zero-order valence-electron chi connectivity index (χ0n) is 12.3. The van der Waals surface area contributed by atoms with E-state index in [0.717, 1.165) is 5.56 Å². The minimum atomic E-state index is -3.55. The molecule has 0 amide bonds. The van der Waals surface area contributed by atoms with Crippen LogP contribution in [-0.4, -0.2) is 15.0 Å². The monoisotopic (exact) mass is 284 g/mol. The van der Waals surface area contributed by atoms with Crippen molar-refractivity contribution in [2.45, 2.75) is 39.5 Å². The first kappa shape index (κ1) is 16.0. The first-order valence-corrected chi connectivity index (χ1v) is 8.00. The summed E-state index contributed by atoms with van der Waals surface area (Å²) in [5.74, 6) is 0.708. The summed E-state index contributed by atoms with van der Waals surface area (Å²) in [6.07, 6.45) is 0. The van der Waals surface area contributed by atoms with Crippen molar-refractivity contribution in [3.8, 4) is 0 Å². The number of hydrogen-bond acceptors (Lipinski definition) is 3. The van der Waals surface area contributed by atoms with E-state index in [-0.39, 0.29) is 10.8 Å². The number of aryl methyl sites for hydroxylation is 2. The van der Waals surface area contributed by atoms with Gasteiger partial charge in [-0.2, -0.15) is 0 Å². The van der Waals surface area contributed by atoms with Gasteiger partial charge in [0.25, 0.3) is 0 Å². The van der Waals surface area contributed by atoms with Crippen molar-refractivity contribution in [2.75, 3.05) is 12.3 Å². The Hall–Kier alpha value is -1.07. The lowest BCUT2D eigenvalue weighted by molar-refractivity contribution is 0.414. The van der Waals surface area contributed by atoms with Gasteiger partial charge >= 0.3 is 0 Å². The number of rotatable bonds is 5. The molecule has 0 saturated carbocycles. The Bertz CT molecular complexity index is 551. The Morgan fingerprint density at radius 3 is 2.21 bits per heavy atom. The van der Waals surface area contributed by atoms with Crippen molar-refractivity contribution in [3.63, 3.8) is 0 Å². The fourth-order valence-corrected chi connectivity index (χ4v) is 3.28. The fourth-order valence-electron chi connectivity index (χ4n) is 1.71. The Labute approximate surface area is 116 Å². The molecule has 1 rings (SSSR count). The first-order chi connectivity index (χ1) is 8.66. The molecule has 1 unspecified atom stereocenters. The quantitative estimate of drug-likeness (QED) is 0.816. The predicted molar refractivity (Wildman–Crippen MR) is 79.5 cm³/mol. The van der Waals surface area contributed by atoms with Gasteiger partial charge in [0.15, 0.2) is 0 Å². The fraction of sp³-hybridized carbons (Fsp3) is 0.571. The van der Waals surface area contributed by atoms with E-state index < -0.39 is 10.0 Å². The molecule has 4 nitrogen and oxygen atoms in total. The van der Waals surface area contributed by atoms with Crippen molar-refractivity contribution in [3.05, 3.63) is 23.3 Å². The van der Waals surface area contributed by atoms with Crippen LogP contribution in [0.3, 0.4) is 0 Å². The van der Waals surface area contributed by atoms with Crippen LogP contribution in [0, 0.1) is 25.7 Å². The van der Waals surface area contributed by atoms with Crippen LogP contribution in [0.5, 0.6) is 0 Å². The molecule has 1 aromatic carbocycles. The summed E-state index contributed by atoms with van der Waals surface area (Å²) in [6.45, 7) is 10.2. The van der Waals surface area contributed by atoms with E-state index >= 15 is 0 Å². The third-order valence-electron chi connectivity index (χ3n) is 3.61. The van der Waals surface area contributed by atoms with E-state index in [9.17, 15) is 8.42 Å². The lowest BCUT2D eigenvalue weighted by Gasteiger charge is -2.18. The molecule has 1 aromatic rings. The molecule has 0 saturated heterocycles. The van der Waals surface area contributed by atoms with E-state index in [1.54, 1.807) is 13.0 Å². The van der Waals surface area contributed by atoms with E-state index in [1.807, 2.05) is 19.9 Å². The Morgan fingerprint density at radius 1 is 1.16 bits per heavy atom. The van der Waals surface area contributed by atoms with Gasteiger partial charge in [-0.05, 0) is 36.8 Å². The Balaban J connectivity index is 3.05. The van der Waals surface area contributed by atoms with E-state index in [2.05, 4.69) is 18.6 Å². The zero-order chi connectivity index (χ0) is 14.8. The summed E-state index contributed by atoms with van der Waals surface area (Å²) >= 11 is 0. The molecular formula is C14H24N2O2S. The molecule has 0 fully saturated rings. The van der Waals surface area contributed by atoms with Crippen LogP contribution < -0.4 is 10.5 Å². The molecule has 108 valence electrons. The second-order valence-corrected chi connectivity index (χ2v) is 7.22. The molecule has 19 heavy (non-hydrogen) atoms. The lowest BCUT2D eigenvalue weighted by atomic mass is 9.99. The zero-order valence-corrected chi connectivity index (χ0v) is 13.1. The van der Waals surface area contributed by atoms with Crippen LogP contribution in [0.4, 0.5) is 5.69 Å². The van der Waals surface area contributed by atoms with Crippen molar-refractivity contribution >= 4 is 15.7 Å². The van der Waals surface area contributed by atoms with Crippen LogP contribution in [-0.2, 0) is 10.0 Å². The maximum absolute atomic E-state index is 12.4. The summed E-state index contributed by atoms with van der Waals surface area (Å²) in [5, 5.41) is 0. The second-order valence-electron chi connectivity index (χ2n) is 5.52. The molecule has 0 radical (unpaired) electrons. The van der Waals surface area contributed by atoms with Gasteiger partial charge in [0.05, 0.1) is 5.69 Å². The number of anilines is 1. The van der Waals surface area contributed by atoms with Gasteiger partial charge in [-0.3, -0.25) is 0 Å². The summed E-state index contributed by atoms with van der Waals surface area (Å²) in [5.41, 5.74) is 7.71. The van der Waals surface area contributed by atoms with Gasteiger partial charge in [-0.1, -0.05) is 32.9 Å². The average molecular weight is 284 g/mol. The van der Waals surface area contributed by atoms with E-state index in [0.29, 0.717) is 23.7 Å². The molecule has 0 bridgehead atoms. The maximum atomic E-state index is 12.4.